The molecule has 0 aliphatic carbocycles. The zero-order valence-electron chi connectivity index (χ0n) is 11.8. The van der Waals surface area contributed by atoms with Crippen LogP contribution in [0.5, 0.6) is 0 Å². The van der Waals surface area contributed by atoms with E-state index in [0.29, 0.717) is 5.95 Å². The van der Waals surface area contributed by atoms with E-state index >= 15 is 0 Å². The molecule has 0 saturated carbocycles. The molecule has 2 heteroatoms. The fraction of sp³-hybridized carbons (Fsp3) is 0.412. The average molecular weight is 258 g/mol. The fourth-order valence-corrected chi connectivity index (χ4v) is 2.23. The Hall–Kier alpha value is -1.70. The van der Waals surface area contributed by atoms with E-state index in [2.05, 4.69) is 37.3 Å². The predicted molar refractivity (Wildman–Crippen MR) is 77.5 cm³/mol. The molecule has 1 aliphatic rings. The van der Waals surface area contributed by atoms with Gasteiger partial charge < -0.3 is 9.47 Å². The number of hydrogen-bond donors (Lipinski definition) is 0. The third-order valence-corrected chi connectivity index (χ3v) is 3.31. The minimum Gasteiger partial charge on any atom is -0.468 e. The van der Waals surface area contributed by atoms with Gasteiger partial charge in [0.25, 0.3) is 5.95 Å². The number of unbranched alkanes of at least 4 members (excludes halogenated alkanes) is 1. The Kier molecular flexibility index (Phi) is 5.08. The molecular formula is C17H22O2. The number of benzene rings is 1. The second-order valence-corrected chi connectivity index (χ2v) is 4.84. The average Bonchev–Trinajstić information content (AvgIpc) is 2.47. The Balaban J connectivity index is 2.02. The SMILES string of the molecule is CCCCC1=CCC(Cc2ccccc2)=C(OC)O1. The molecule has 0 radical (unpaired) electrons. The Labute approximate surface area is 115 Å². The molecule has 0 bridgehead atoms. The van der Waals surface area contributed by atoms with E-state index < -0.39 is 0 Å². The monoisotopic (exact) mass is 258 g/mol. The summed E-state index contributed by atoms with van der Waals surface area (Å²) in [4.78, 5) is 0. The number of rotatable bonds is 6. The van der Waals surface area contributed by atoms with Crippen LogP contribution in [0, 0.1) is 0 Å². The van der Waals surface area contributed by atoms with Crippen molar-refractivity contribution in [2.24, 2.45) is 0 Å². The third kappa shape index (κ3) is 3.88. The van der Waals surface area contributed by atoms with Crippen LogP contribution in [0.1, 0.15) is 38.2 Å². The van der Waals surface area contributed by atoms with Crippen LogP contribution in [0.15, 0.2) is 53.7 Å². The van der Waals surface area contributed by atoms with Crippen molar-refractivity contribution >= 4 is 0 Å². The van der Waals surface area contributed by atoms with Crippen LogP contribution in [-0.2, 0) is 15.9 Å². The molecule has 0 fully saturated rings. The third-order valence-electron chi connectivity index (χ3n) is 3.31. The van der Waals surface area contributed by atoms with E-state index in [1.165, 1.54) is 17.6 Å². The highest BCUT2D eigenvalue weighted by molar-refractivity contribution is 5.26. The van der Waals surface area contributed by atoms with Crippen molar-refractivity contribution in [1.82, 2.24) is 0 Å². The van der Waals surface area contributed by atoms with Gasteiger partial charge in [-0.2, -0.15) is 0 Å². The highest BCUT2D eigenvalue weighted by Gasteiger charge is 2.16. The van der Waals surface area contributed by atoms with Crippen LogP contribution in [0.2, 0.25) is 0 Å². The lowest BCUT2D eigenvalue weighted by molar-refractivity contribution is 0.0882. The van der Waals surface area contributed by atoms with Gasteiger partial charge in [-0.15, -0.1) is 0 Å². The first-order valence-corrected chi connectivity index (χ1v) is 7.00. The molecule has 2 nitrogen and oxygen atoms in total. The maximum Gasteiger partial charge on any atom is 0.283 e. The lowest BCUT2D eigenvalue weighted by atomic mass is 10.0. The second kappa shape index (κ2) is 7.03. The van der Waals surface area contributed by atoms with Crippen LogP contribution < -0.4 is 0 Å². The molecule has 1 heterocycles. The molecule has 1 aliphatic heterocycles. The molecule has 0 amide bonds. The summed E-state index contributed by atoms with van der Waals surface area (Å²) in [5.41, 5.74) is 2.51. The van der Waals surface area contributed by atoms with E-state index in [1.54, 1.807) is 7.11 Å². The smallest absolute Gasteiger partial charge is 0.283 e. The Morgan fingerprint density at radius 2 is 2.00 bits per heavy atom. The lowest BCUT2D eigenvalue weighted by Gasteiger charge is -2.20. The number of ether oxygens (including phenoxy) is 2. The summed E-state index contributed by atoms with van der Waals surface area (Å²) in [6.07, 6.45) is 7.36. The molecule has 2 rings (SSSR count). The molecule has 1 aromatic carbocycles. The van der Waals surface area contributed by atoms with Crippen molar-refractivity contribution in [3.8, 4) is 0 Å². The van der Waals surface area contributed by atoms with Gasteiger partial charge in [-0.1, -0.05) is 43.7 Å². The quantitative estimate of drug-likeness (QED) is 0.743. The van der Waals surface area contributed by atoms with Crippen LogP contribution in [-0.4, -0.2) is 7.11 Å². The molecular weight excluding hydrogens is 236 g/mol. The second-order valence-electron chi connectivity index (χ2n) is 4.84. The zero-order valence-corrected chi connectivity index (χ0v) is 11.8. The van der Waals surface area contributed by atoms with Gasteiger partial charge in [0.2, 0.25) is 0 Å². The van der Waals surface area contributed by atoms with Gasteiger partial charge in [-0.3, -0.25) is 0 Å². The summed E-state index contributed by atoms with van der Waals surface area (Å²) < 4.78 is 11.2. The van der Waals surface area contributed by atoms with Gasteiger partial charge in [-0.05, 0) is 24.5 Å². The summed E-state index contributed by atoms with van der Waals surface area (Å²) in [6, 6.07) is 10.4. The van der Waals surface area contributed by atoms with Gasteiger partial charge in [-0.25, -0.2) is 0 Å². The van der Waals surface area contributed by atoms with Crippen LogP contribution in [0.3, 0.4) is 0 Å². The molecule has 0 atom stereocenters. The Morgan fingerprint density at radius 1 is 1.21 bits per heavy atom. The van der Waals surface area contributed by atoms with Gasteiger partial charge in [0.05, 0.1) is 7.11 Å². The summed E-state index contributed by atoms with van der Waals surface area (Å²) in [5, 5.41) is 0. The van der Waals surface area contributed by atoms with E-state index in [1.807, 2.05) is 6.07 Å². The Bertz CT molecular complexity index is 457. The first kappa shape index (κ1) is 13.7. The van der Waals surface area contributed by atoms with Crippen LogP contribution in [0.25, 0.3) is 0 Å². The number of allylic oxidation sites excluding steroid dienone is 3. The maximum absolute atomic E-state index is 5.84. The highest BCUT2D eigenvalue weighted by Crippen LogP contribution is 2.27. The fourth-order valence-electron chi connectivity index (χ4n) is 2.23. The van der Waals surface area contributed by atoms with Crippen molar-refractivity contribution in [3.05, 3.63) is 59.2 Å². The van der Waals surface area contributed by atoms with Crippen molar-refractivity contribution in [2.45, 2.75) is 39.0 Å². The van der Waals surface area contributed by atoms with Crippen LogP contribution >= 0.6 is 0 Å². The largest absolute Gasteiger partial charge is 0.468 e. The first-order valence-electron chi connectivity index (χ1n) is 7.00. The van der Waals surface area contributed by atoms with E-state index in [4.69, 9.17) is 9.47 Å². The number of methoxy groups -OCH3 is 1. The lowest BCUT2D eigenvalue weighted by Crippen LogP contribution is -2.07. The summed E-state index contributed by atoms with van der Waals surface area (Å²) in [7, 11) is 1.68. The predicted octanol–water partition coefficient (Wildman–Crippen LogP) is 4.58. The maximum atomic E-state index is 5.84. The zero-order chi connectivity index (χ0) is 13.5. The van der Waals surface area contributed by atoms with Crippen LogP contribution in [0.4, 0.5) is 0 Å². The molecule has 1 aromatic rings. The molecule has 0 spiro atoms. The number of hydrogen-bond acceptors (Lipinski definition) is 2. The minimum atomic E-state index is 0.692. The van der Waals surface area contributed by atoms with E-state index in [0.717, 1.165) is 31.4 Å². The van der Waals surface area contributed by atoms with Gasteiger partial charge in [0.15, 0.2) is 0 Å². The topological polar surface area (TPSA) is 18.5 Å². The molecule has 0 saturated heterocycles. The normalized spacial score (nSPS) is 14.9. The minimum absolute atomic E-state index is 0.692. The Morgan fingerprint density at radius 3 is 2.68 bits per heavy atom. The van der Waals surface area contributed by atoms with Crippen molar-refractivity contribution in [3.63, 3.8) is 0 Å². The van der Waals surface area contributed by atoms with Crippen molar-refractivity contribution in [1.29, 1.82) is 0 Å². The molecule has 19 heavy (non-hydrogen) atoms. The van der Waals surface area contributed by atoms with Crippen molar-refractivity contribution in [2.75, 3.05) is 7.11 Å². The molecule has 0 unspecified atom stereocenters. The van der Waals surface area contributed by atoms with E-state index in [-0.39, 0.29) is 0 Å². The van der Waals surface area contributed by atoms with Gasteiger partial charge in [0.1, 0.15) is 5.76 Å². The van der Waals surface area contributed by atoms with Gasteiger partial charge >= 0.3 is 0 Å². The highest BCUT2D eigenvalue weighted by atomic mass is 16.7. The molecule has 0 N–H and O–H groups in total. The first-order chi connectivity index (χ1) is 9.33. The molecule has 0 aromatic heterocycles. The summed E-state index contributed by atoms with van der Waals surface area (Å²) >= 11 is 0. The summed E-state index contributed by atoms with van der Waals surface area (Å²) in [5.74, 6) is 1.74. The summed E-state index contributed by atoms with van der Waals surface area (Å²) in [6.45, 7) is 2.19. The van der Waals surface area contributed by atoms with Gasteiger partial charge in [0, 0.05) is 18.4 Å². The van der Waals surface area contributed by atoms with Crippen molar-refractivity contribution < 1.29 is 9.47 Å². The standard InChI is InChI=1S/C17H22O2/c1-3-4-10-16-12-11-15(17(18-2)19-16)13-14-8-6-5-7-9-14/h5-9,12H,3-4,10-11,13H2,1-2H3. The molecule has 102 valence electrons. The van der Waals surface area contributed by atoms with E-state index in [9.17, 15) is 0 Å².